The predicted octanol–water partition coefficient (Wildman–Crippen LogP) is 16.5. The molecular weight excluding hydrogens is 721 g/mol. The average molecular weight is 821 g/mol. The lowest BCUT2D eigenvalue weighted by atomic mass is 9.99. The van der Waals surface area contributed by atoms with Crippen LogP contribution in [0, 0.1) is 11.8 Å². The van der Waals surface area contributed by atoms with Gasteiger partial charge >= 0.3 is 17.9 Å². The molecule has 0 aromatic rings. The van der Waals surface area contributed by atoms with E-state index in [0.29, 0.717) is 19.3 Å². The highest BCUT2D eigenvalue weighted by Gasteiger charge is 2.19. The van der Waals surface area contributed by atoms with Crippen LogP contribution in [0.4, 0.5) is 0 Å². The second kappa shape index (κ2) is 44.9. The molecule has 0 aromatic carbocycles. The zero-order chi connectivity index (χ0) is 42.6. The number of rotatable bonds is 46. The first kappa shape index (κ1) is 56.4. The molecule has 0 aliphatic carbocycles. The van der Waals surface area contributed by atoms with Crippen molar-refractivity contribution < 1.29 is 28.6 Å². The average Bonchev–Trinajstić information content (AvgIpc) is 3.22. The van der Waals surface area contributed by atoms with Gasteiger partial charge in [0, 0.05) is 19.3 Å². The Morgan fingerprint density at radius 1 is 0.345 bits per heavy atom. The number of ether oxygens (including phenoxy) is 3. The van der Waals surface area contributed by atoms with Crippen molar-refractivity contribution >= 4 is 17.9 Å². The summed E-state index contributed by atoms with van der Waals surface area (Å²) in [6.45, 7) is 11.4. The molecule has 0 rings (SSSR count). The third-order valence-electron chi connectivity index (χ3n) is 12.4. The summed E-state index contributed by atoms with van der Waals surface area (Å²) in [7, 11) is 0. The van der Waals surface area contributed by atoms with Gasteiger partial charge in [-0.1, -0.05) is 247 Å². The van der Waals surface area contributed by atoms with Crippen molar-refractivity contribution in [2.24, 2.45) is 11.8 Å². The van der Waals surface area contributed by atoms with Crippen molar-refractivity contribution in [1.29, 1.82) is 0 Å². The maximum Gasteiger partial charge on any atom is 0.306 e. The number of hydrogen-bond acceptors (Lipinski definition) is 6. The highest BCUT2D eigenvalue weighted by atomic mass is 16.6. The summed E-state index contributed by atoms with van der Waals surface area (Å²) in [5, 5.41) is 0. The quantitative estimate of drug-likeness (QED) is 0.0346. The maximum absolute atomic E-state index is 12.7. The molecule has 6 heteroatoms. The minimum Gasteiger partial charge on any atom is -0.462 e. The molecule has 3 atom stereocenters. The van der Waals surface area contributed by atoms with Gasteiger partial charge in [0.05, 0.1) is 0 Å². The molecule has 0 aromatic heterocycles. The minimum atomic E-state index is -0.762. The van der Waals surface area contributed by atoms with Gasteiger partial charge in [-0.15, -0.1) is 0 Å². The molecule has 0 bridgehead atoms. The topological polar surface area (TPSA) is 78.9 Å². The van der Waals surface area contributed by atoms with Crippen LogP contribution in [0.15, 0.2) is 0 Å². The Morgan fingerprint density at radius 3 is 0.897 bits per heavy atom. The third kappa shape index (κ3) is 42.5. The lowest BCUT2D eigenvalue weighted by Crippen LogP contribution is -2.30. The number of carbonyl (C=O) groups excluding carboxylic acids is 3. The van der Waals surface area contributed by atoms with Crippen LogP contribution < -0.4 is 0 Å². The van der Waals surface area contributed by atoms with Crippen LogP contribution in [0.25, 0.3) is 0 Å². The van der Waals surface area contributed by atoms with Crippen molar-refractivity contribution in [2.45, 2.75) is 291 Å². The molecule has 0 fully saturated rings. The molecule has 0 aliphatic heterocycles. The zero-order valence-corrected chi connectivity index (χ0v) is 39.7. The summed E-state index contributed by atoms with van der Waals surface area (Å²) in [5.41, 5.74) is 0. The van der Waals surface area contributed by atoms with Gasteiger partial charge in [-0.3, -0.25) is 14.4 Å². The Kier molecular flexibility index (Phi) is 43.7. The normalized spacial score (nSPS) is 13.0. The SMILES string of the molecule is CCCCCCCCCCCCCCCCCCC(=O)OC[C@@H](COC(=O)CCCCCCCCCCCCC(C)CC)OC(=O)CCCCCCCCC(C)CC. The van der Waals surface area contributed by atoms with Crippen molar-refractivity contribution in [2.75, 3.05) is 13.2 Å². The summed E-state index contributed by atoms with van der Waals surface area (Å²) in [6.07, 6.45) is 45.1. The molecule has 2 unspecified atom stereocenters. The maximum atomic E-state index is 12.7. The van der Waals surface area contributed by atoms with Crippen LogP contribution in [0.1, 0.15) is 285 Å². The van der Waals surface area contributed by atoms with Crippen molar-refractivity contribution in [3.63, 3.8) is 0 Å². The van der Waals surface area contributed by atoms with E-state index in [-0.39, 0.29) is 31.1 Å². The molecule has 0 heterocycles. The highest BCUT2D eigenvalue weighted by molar-refractivity contribution is 5.71. The Morgan fingerprint density at radius 2 is 0.603 bits per heavy atom. The Labute approximate surface area is 361 Å². The van der Waals surface area contributed by atoms with Crippen LogP contribution in [0.3, 0.4) is 0 Å². The van der Waals surface area contributed by atoms with E-state index in [2.05, 4.69) is 34.6 Å². The van der Waals surface area contributed by atoms with E-state index in [1.807, 2.05) is 0 Å². The second-order valence-electron chi connectivity index (χ2n) is 18.3. The molecule has 0 amide bonds. The van der Waals surface area contributed by atoms with Gasteiger partial charge in [0.15, 0.2) is 6.10 Å². The van der Waals surface area contributed by atoms with Gasteiger partial charge in [-0.05, 0) is 31.1 Å². The number of unbranched alkanes of at least 4 members (excludes halogenated alkanes) is 29. The summed E-state index contributed by atoms with van der Waals surface area (Å²) in [4.78, 5) is 37.9. The largest absolute Gasteiger partial charge is 0.462 e. The molecule has 58 heavy (non-hydrogen) atoms. The molecule has 0 radical (unpaired) electrons. The Bertz CT molecular complexity index is 889. The number of hydrogen-bond donors (Lipinski definition) is 0. The fraction of sp³-hybridized carbons (Fsp3) is 0.942. The Hall–Kier alpha value is -1.59. The van der Waals surface area contributed by atoms with E-state index < -0.39 is 6.10 Å². The monoisotopic (exact) mass is 821 g/mol. The highest BCUT2D eigenvalue weighted by Crippen LogP contribution is 2.18. The first-order valence-electron chi connectivity index (χ1n) is 25.8. The number of carbonyl (C=O) groups is 3. The smallest absolute Gasteiger partial charge is 0.306 e. The van der Waals surface area contributed by atoms with Crippen molar-refractivity contribution in [3.05, 3.63) is 0 Å². The fourth-order valence-electron chi connectivity index (χ4n) is 7.75. The summed E-state index contributed by atoms with van der Waals surface area (Å²) in [6, 6.07) is 0. The molecule has 0 aliphatic rings. The van der Waals surface area contributed by atoms with E-state index >= 15 is 0 Å². The number of esters is 3. The van der Waals surface area contributed by atoms with Crippen LogP contribution in [0.2, 0.25) is 0 Å². The fourth-order valence-corrected chi connectivity index (χ4v) is 7.75. The van der Waals surface area contributed by atoms with E-state index in [1.54, 1.807) is 0 Å². The minimum absolute atomic E-state index is 0.0647. The molecule has 0 saturated heterocycles. The predicted molar refractivity (Wildman–Crippen MR) is 247 cm³/mol. The molecule has 344 valence electrons. The van der Waals surface area contributed by atoms with Gasteiger partial charge in [-0.2, -0.15) is 0 Å². The van der Waals surface area contributed by atoms with E-state index in [4.69, 9.17) is 14.2 Å². The van der Waals surface area contributed by atoms with Gasteiger partial charge in [0.25, 0.3) is 0 Å². The van der Waals surface area contributed by atoms with Crippen LogP contribution >= 0.6 is 0 Å². The van der Waals surface area contributed by atoms with Gasteiger partial charge < -0.3 is 14.2 Å². The molecule has 6 nitrogen and oxygen atoms in total. The summed E-state index contributed by atoms with van der Waals surface area (Å²) >= 11 is 0. The first-order chi connectivity index (χ1) is 28.3. The van der Waals surface area contributed by atoms with Crippen molar-refractivity contribution in [3.8, 4) is 0 Å². The van der Waals surface area contributed by atoms with Gasteiger partial charge in [0.2, 0.25) is 0 Å². The molecule has 0 spiro atoms. The van der Waals surface area contributed by atoms with E-state index in [1.165, 1.54) is 173 Å². The third-order valence-corrected chi connectivity index (χ3v) is 12.4. The second-order valence-corrected chi connectivity index (χ2v) is 18.3. The standard InChI is InChI=1S/C52H100O6/c1-6-9-10-11-12-13-14-15-16-17-18-19-23-26-32-37-42-50(53)56-45-49(58-52(55)44-39-34-29-28-31-36-41-48(5)8-3)46-57-51(54)43-38-33-27-24-21-20-22-25-30-35-40-47(4)7-2/h47-49H,6-46H2,1-5H3/t47?,48?,49-/m0/s1. The lowest BCUT2D eigenvalue weighted by Gasteiger charge is -2.18. The lowest BCUT2D eigenvalue weighted by molar-refractivity contribution is -0.167. The molecule has 0 N–H and O–H groups in total. The van der Waals surface area contributed by atoms with Crippen molar-refractivity contribution in [1.82, 2.24) is 0 Å². The van der Waals surface area contributed by atoms with E-state index in [9.17, 15) is 14.4 Å². The van der Waals surface area contributed by atoms with E-state index in [0.717, 1.165) is 69.6 Å². The van der Waals surface area contributed by atoms with Crippen LogP contribution in [0.5, 0.6) is 0 Å². The van der Waals surface area contributed by atoms with Crippen LogP contribution in [-0.2, 0) is 28.6 Å². The van der Waals surface area contributed by atoms with Crippen LogP contribution in [-0.4, -0.2) is 37.2 Å². The zero-order valence-electron chi connectivity index (χ0n) is 39.7. The van der Waals surface area contributed by atoms with Gasteiger partial charge in [0.1, 0.15) is 13.2 Å². The first-order valence-corrected chi connectivity index (χ1v) is 25.8. The molecule has 0 saturated carbocycles. The molecular formula is C52H100O6. The summed E-state index contributed by atoms with van der Waals surface area (Å²) < 4.78 is 16.8. The Balaban J connectivity index is 4.29. The van der Waals surface area contributed by atoms with Gasteiger partial charge in [-0.25, -0.2) is 0 Å². The summed E-state index contributed by atoms with van der Waals surface area (Å²) in [5.74, 6) is 0.827.